The summed E-state index contributed by atoms with van der Waals surface area (Å²) in [5.41, 5.74) is 1.89. The predicted octanol–water partition coefficient (Wildman–Crippen LogP) is 1.72. The van der Waals surface area contributed by atoms with Gasteiger partial charge in [-0.25, -0.2) is 4.98 Å². The second-order valence-corrected chi connectivity index (χ2v) is 6.14. The van der Waals surface area contributed by atoms with E-state index in [1.165, 1.54) is 11.8 Å². The first kappa shape index (κ1) is 15.1. The summed E-state index contributed by atoms with van der Waals surface area (Å²) in [4.78, 5) is 18.0. The molecule has 1 amide bonds. The third-order valence-electron chi connectivity index (χ3n) is 2.95. The number of thioether (sulfide) groups is 1. The molecule has 7 heteroatoms. The van der Waals surface area contributed by atoms with Gasteiger partial charge in [-0.05, 0) is 22.4 Å². The van der Waals surface area contributed by atoms with Crippen molar-refractivity contribution in [2.24, 2.45) is 7.05 Å². The molecule has 0 saturated carbocycles. The number of carbonyl (C=O) groups excluding carboxylic acids is 1. The Morgan fingerprint density at radius 1 is 1.60 bits per heavy atom. The number of thiophene rings is 1. The number of hydrogen-bond donors (Lipinski definition) is 1. The van der Waals surface area contributed by atoms with Crippen LogP contribution in [0.25, 0.3) is 0 Å². The first-order chi connectivity index (χ1) is 9.61. The van der Waals surface area contributed by atoms with Crippen molar-refractivity contribution in [3.05, 3.63) is 34.3 Å². The molecule has 0 aromatic carbocycles. The summed E-state index contributed by atoms with van der Waals surface area (Å²) in [6.45, 7) is 0.585. The number of carbonyl (C=O) groups is 1. The van der Waals surface area contributed by atoms with E-state index in [0.29, 0.717) is 12.3 Å². The Hall–Kier alpha value is -1.31. The van der Waals surface area contributed by atoms with Crippen LogP contribution >= 0.6 is 23.1 Å². The van der Waals surface area contributed by atoms with Crippen LogP contribution in [0.5, 0.6) is 0 Å². The second kappa shape index (κ2) is 6.92. The average Bonchev–Trinajstić information content (AvgIpc) is 3.06. The molecule has 0 radical (unpaired) electrons. The molecule has 0 unspecified atom stereocenters. The zero-order valence-corrected chi connectivity index (χ0v) is 13.1. The molecule has 0 saturated heterocycles. The van der Waals surface area contributed by atoms with E-state index >= 15 is 0 Å². The molecule has 5 nitrogen and oxygen atoms in total. The maximum Gasteiger partial charge on any atom is 0.233 e. The fraction of sp³-hybridized carbons (Fsp3) is 0.385. The Balaban J connectivity index is 1.86. The lowest BCUT2D eigenvalue weighted by molar-refractivity contribution is -0.127. The number of rotatable bonds is 6. The van der Waals surface area contributed by atoms with Gasteiger partial charge in [-0.3, -0.25) is 4.79 Å². The van der Waals surface area contributed by atoms with Crippen LogP contribution in [-0.2, 0) is 25.0 Å². The topological polar surface area (TPSA) is 58.4 Å². The molecule has 0 aliphatic carbocycles. The summed E-state index contributed by atoms with van der Waals surface area (Å²) in [7, 11) is 3.64. The van der Waals surface area contributed by atoms with Crippen molar-refractivity contribution in [2.45, 2.75) is 18.3 Å². The van der Waals surface area contributed by atoms with Crippen LogP contribution in [0.3, 0.4) is 0 Å². The van der Waals surface area contributed by atoms with E-state index in [2.05, 4.69) is 4.98 Å². The standard InChI is InChI=1S/C13H17N3O2S2/c1-15(6-10-3-4-19-8-10)12(18)9-20-13-14-5-11(7-17)16(13)2/h3-5,8,17H,6-7,9H2,1-2H3. The van der Waals surface area contributed by atoms with E-state index in [0.717, 1.165) is 16.4 Å². The molecule has 0 bridgehead atoms. The van der Waals surface area contributed by atoms with Gasteiger partial charge >= 0.3 is 0 Å². The lowest BCUT2D eigenvalue weighted by atomic mass is 10.3. The molecule has 108 valence electrons. The number of hydrogen-bond acceptors (Lipinski definition) is 5. The SMILES string of the molecule is CN(Cc1ccsc1)C(=O)CSc1ncc(CO)n1C. The van der Waals surface area contributed by atoms with Crippen molar-refractivity contribution in [2.75, 3.05) is 12.8 Å². The third kappa shape index (κ3) is 3.62. The molecule has 2 aromatic rings. The first-order valence-electron chi connectivity index (χ1n) is 6.11. The van der Waals surface area contributed by atoms with Crippen molar-refractivity contribution in [1.29, 1.82) is 0 Å². The van der Waals surface area contributed by atoms with Crippen LogP contribution in [0.4, 0.5) is 0 Å². The smallest absolute Gasteiger partial charge is 0.233 e. The van der Waals surface area contributed by atoms with Crippen LogP contribution in [0.2, 0.25) is 0 Å². The number of aliphatic hydroxyl groups is 1. The normalized spacial score (nSPS) is 10.8. The number of nitrogens with zero attached hydrogens (tertiary/aromatic N) is 3. The summed E-state index contributed by atoms with van der Waals surface area (Å²) in [6.07, 6.45) is 1.63. The highest BCUT2D eigenvalue weighted by Crippen LogP contribution is 2.18. The fourth-order valence-electron chi connectivity index (χ4n) is 1.69. The van der Waals surface area contributed by atoms with Crippen molar-refractivity contribution in [1.82, 2.24) is 14.5 Å². The van der Waals surface area contributed by atoms with E-state index in [-0.39, 0.29) is 12.5 Å². The number of aromatic nitrogens is 2. The lowest BCUT2D eigenvalue weighted by Crippen LogP contribution is -2.27. The minimum Gasteiger partial charge on any atom is -0.390 e. The van der Waals surface area contributed by atoms with Crippen molar-refractivity contribution >= 4 is 29.0 Å². The van der Waals surface area contributed by atoms with Gasteiger partial charge in [0.1, 0.15) is 0 Å². The van der Waals surface area contributed by atoms with Gasteiger partial charge < -0.3 is 14.6 Å². The summed E-state index contributed by atoms with van der Waals surface area (Å²) in [5, 5.41) is 13.9. The highest BCUT2D eigenvalue weighted by Gasteiger charge is 2.13. The summed E-state index contributed by atoms with van der Waals surface area (Å²) < 4.78 is 1.80. The van der Waals surface area contributed by atoms with Gasteiger partial charge in [0, 0.05) is 20.6 Å². The monoisotopic (exact) mass is 311 g/mol. The Labute approximate surface area is 126 Å². The maximum absolute atomic E-state index is 12.1. The highest BCUT2D eigenvalue weighted by atomic mass is 32.2. The van der Waals surface area contributed by atoms with E-state index in [9.17, 15) is 4.79 Å². The Kier molecular flexibility index (Phi) is 5.22. The number of imidazole rings is 1. The van der Waals surface area contributed by atoms with Gasteiger partial charge in [0.2, 0.25) is 5.91 Å². The van der Waals surface area contributed by atoms with Crippen molar-refractivity contribution in [3.63, 3.8) is 0 Å². The molecule has 2 heterocycles. The lowest BCUT2D eigenvalue weighted by Gasteiger charge is -2.16. The molecule has 1 N–H and O–H groups in total. The van der Waals surface area contributed by atoms with Gasteiger partial charge in [-0.2, -0.15) is 11.3 Å². The fourth-order valence-corrected chi connectivity index (χ4v) is 3.26. The largest absolute Gasteiger partial charge is 0.390 e. The van der Waals surface area contributed by atoms with Gasteiger partial charge in [-0.15, -0.1) is 0 Å². The van der Waals surface area contributed by atoms with Crippen LogP contribution in [0.1, 0.15) is 11.3 Å². The predicted molar refractivity (Wildman–Crippen MR) is 80.6 cm³/mol. The van der Waals surface area contributed by atoms with Gasteiger partial charge in [0.05, 0.1) is 24.3 Å². The van der Waals surface area contributed by atoms with E-state index in [4.69, 9.17) is 5.11 Å². The zero-order chi connectivity index (χ0) is 14.5. The van der Waals surface area contributed by atoms with Crippen LogP contribution in [0, 0.1) is 0 Å². The van der Waals surface area contributed by atoms with Gasteiger partial charge in [0.25, 0.3) is 0 Å². The maximum atomic E-state index is 12.1. The zero-order valence-electron chi connectivity index (χ0n) is 11.4. The van der Waals surface area contributed by atoms with Crippen LogP contribution < -0.4 is 0 Å². The highest BCUT2D eigenvalue weighted by molar-refractivity contribution is 7.99. The minimum absolute atomic E-state index is 0.0456. The Bertz CT molecular complexity index is 566. The van der Waals surface area contributed by atoms with Crippen molar-refractivity contribution < 1.29 is 9.90 Å². The molecule has 0 fully saturated rings. The molecule has 2 rings (SSSR count). The molecule has 0 spiro atoms. The molecule has 2 aromatic heterocycles. The molecule has 0 aliphatic rings. The molecule has 0 atom stereocenters. The minimum atomic E-state index is -0.0456. The second-order valence-electron chi connectivity index (χ2n) is 4.42. The van der Waals surface area contributed by atoms with E-state index < -0.39 is 0 Å². The quantitative estimate of drug-likeness (QED) is 0.825. The molecule has 0 aliphatic heterocycles. The first-order valence-corrected chi connectivity index (χ1v) is 8.04. The number of amides is 1. The summed E-state index contributed by atoms with van der Waals surface area (Å²) >= 11 is 3.01. The van der Waals surface area contributed by atoms with Crippen molar-refractivity contribution in [3.8, 4) is 0 Å². The van der Waals surface area contributed by atoms with Gasteiger partial charge in [0.15, 0.2) is 5.16 Å². The summed E-state index contributed by atoms with van der Waals surface area (Å²) in [6, 6.07) is 2.02. The molecule has 20 heavy (non-hydrogen) atoms. The van der Waals surface area contributed by atoms with E-state index in [1.807, 2.05) is 23.9 Å². The summed E-state index contributed by atoms with van der Waals surface area (Å²) in [5.74, 6) is 0.408. The third-order valence-corrected chi connectivity index (χ3v) is 4.71. The van der Waals surface area contributed by atoms with E-state index in [1.54, 1.807) is 34.0 Å². The number of aliphatic hydroxyl groups excluding tert-OH is 1. The average molecular weight is 311 g/mol. The molecular weight excluding hydrogens is 294 g/mol. The Morgan fingerprint density at radius 3 is 3.00 bits per heavy atom. The van der Waals surface area contributed by atoms with Crippen LogP contribution in [-0.4, -0.2) is 38.3 Å². The Morgan fingerprint density at radius 2 is 2.40 bits per heavy atom. The van der Waals surface area contributed by atoms with Crippen LogP contribution in [0.15, 0.2) is 28.2 Å². The molecular formula is C13H17N3O2S2. The van der Waals surface area contributed by atoms with Gasteiger partial charge in [-0.1, -0.05) is 11.8 Å².